The summed E-state index contributed by atoms with van der Waals surface area (Å²) in [7, 11) is 4.11. The van der Waals surface area contributed by atoms with Crippen LogP contribution in [0.2, 0.25) is 0 Å². The molecule has 19 heavy (non-hydrogen) atoms. The maximum absolute atomic E-state index is 13.0. The van der Waals surface area contributed by atoms with Crippen molar-refractivity contribution in [3.05, 3.63) is 35.4 Å². The van der Waals surface area contributed by atoms with Gasteiger partial charge in [0.2, 0.25) is 0 Å². The van der Waals surface area contributed by atoms with E-state index in [0.717, 1.165) is 31.2 Å². The van der Waals surface area contributed by atoms with Crippen LogP contribution in [0.3, 0.4) is 0 Å². The van der Waals surface area contributed by atoms with Gasteiger partial charge < -0.3 is 0 Å². The van der Waals surface area contributed by atoms with Crippen LogP contribution in [0.15, 0.2) is 24.3 Å². The molecule has 0 spiro atoms. The van der Waals surface area contributed by atoms with Crippen molar-refractivity contribution >= 4 is 5.78 Å². The number of aryl methyl sites for hydroxylation is 1. The molecule has 1 aromatic rings. The minimum absolute atomic E-state index is 0.286. The van der Waals surface area contributed by atoms with Crippen molar-refractivity contribution in [1.82, 2.24) is 4.90 Å². The lowest BCUT2D eigenvalue weighted by Crippen LogP contribution is -2.50. The van der Waals surface area contributed by atoms with Gasteiger partial charge in [-0.3, -0.25) is 9.69 Å². The Kier molecular flexibility index (Phi) is 4.41. The molecule has 0 bridgehead atoms. The molecule has 0 aromatic heterocycles. The molecule has 0 radical (unpaired) electrons. The molecule has 0 N–H and O–H groups in total. The van der Waals surface area contributed by atoms with Crippen LogP contribution in [0.4, 0.5) is 0 Å². The van der Waals surface area contributed by atoms with E-state index in [2.05, 4.69) is 25.9 Å². The minimum Gasteiger partial charge on any atom is -0.297 e. The standard InChI is InChI=1S/C17H25NO/c1-14-8-10-15(11-9-14)16(19)17(18(2)3)12-6-4-5-7-13-17/h8-11H,4-7,12-13H2,1-3H3. The lowest BCUT2D eigenvalue weighted by Gasteiger charge is -2.38. The molecule has 2 rings (SSSR count). The van der Waals surface area contributed by atoms with E-state index in [0.29, 0.717) is 5.78 Å². The van der Waals surface area contributed by atoms with Gasteiger partial charge in [0, 0.05) is 5.56 Å². The monoisotopic (exact) mass is 259 g/mol. The van der Waals surface area contributed by atoms with Crippen molar-refractivity contribution in [3.8, 4) is 0 Å². The summed E-state index contributed by atoms with van der Waals surface area (Å²) < 4.78 is 0. The summed E-state index contributed by atoms with van der Waals surface area (Å²) in [5.41, 5.74) is 1.78. The molecule has 2 heteroatoms. The van der Waals surface area contributed by atoms with Crippen LogP contribution >= 0.6 is 0 Å². The molecule has 0 unspecified atom stereocenters. The molecule has 0 aliphatic heterocycles. The molecule has 104 valence electrons. The number of nitrogens with zero attached hydrogens (tertiary/aromatic N) is 1. The van der Waals surface area contributed by atoms with Gasteiger partial charge in [0.15, 0.2) is 5.78 Å². The first kappa shape index (κ1) is 14.3. The van der Waals surface area contributed by atoms with Crippen LogP contribution in [0.25, 0.3) is 0 Å². The molecule has 0 atom stereocenters. The summed E-state index contributed by atoms with van der Waals surface area (Å²) in [5.74, 6) is 0.305. The molecular formula is C17H25NO. The van der Waals surface area contributed by atoms with Crippen molar-refractivity contribution < 1.29 is 4.79 Å². The van der Waals surface area contributed by atoms with Gasteiger partial charge in [0.1, 0.15) is 0 Å². The lowest BCUT2D eigenvalue weighted by molar-refractivity contribution is 0.0635. The highest BCUT2D eigenvalue weighted by atomic mass is 16.1. The highest BCUT2D eigenvalue weighted by Crippen LogP contribution is 2.34. The molecule has 1 aliphatic carbocycles. The van der Waals surface area contributed by atoms with Gasteiger partial charge in [-0.1, -0.05) is 55.5 Å². The Bertz CT molecular complexity index is 425. The molecular weight excluding hydrogens is 234 g/mol. The maximum Gasteiger partial charge on any atom is 0.183 e. The minimum atomic E-state index is -0.286. The Hall–Kier alpha value is -1.15. The first-order valence-corrected chi connectivity index (χ1v) is 7.35. The fourth-order valence-electron chi connectivity index (χ4n) is 3.16. The number of likely N-dealkylation sites (N-methyl/N-ethyl adjacent to an activating group) is 1. The zero-order valence-corrected chi connectivity index (χ0v) is 12.4. The largest absolute Gasteiger partial charge is 0.297 e. The smallest absolute Gasteiger partial charge is 0.183 e. The van der Waals surface area contributed by atoms with Gasteiger partial charge in [0.25, 0.3) is 0 Å². The average Bonchev–Trinajstić information content (AvgIpc) is 2.65. The quantitative estimate of drug-likeness (QED) is 0.607. The summed E-state index contributed by atoms with van der Waals surface area (Å²) in [6.07, 6.45) is 6.83. The number of rotatable bonds is 3. The Morgan fingerprint density at radius 3 is 2.00 bits per heavy atom. The number of hydrogen-bond donors (Lipinski definition) is 0. The second-order valence-electron chi connectivity index (χ2n) is 6.04. The predicted molar refractivity (Wildman–Crippen MR) is 79.6 cm³/mol. The summed E-state index contributed by atoms with van der Waals surface area (Å²) in [6, 6.07) is 8.03. The number of benzene rings is 1. The van der Waals surface area contributed by atoms with E-state index < -0.39 is 0 Å². The SMILES string of the molecule is Cc1ccc(C(=O)C2(N(C)C)CCCCCC2)cc1. The highest BCUT2D eigenvalue weighted by Gasteiger charge is 2.40. The zero-order chi connectivity index (χ0) is 13.9. The Morgan fingerprint density at radius 2 is 1.53 bits per heavy atom. The van der Waals surface area contributed by atoms with Crippen molar-refractivity contribution in [1.29, 1.82) is 0 Å². The van der Waals surface area contributed by atoms with E-state index in [-0.39, 0.29) is 5.54 Å². The first-order chi connectivity index (χ1) is 9.06. The summed E-state index contributed by atoms with van der Waals surface area (Å²) in [5, 5.41) is 0. The van der Waals surface area contributed by atoms with Gasteiger partial charge in [0.05, 0.1) is 5.54 Å². The molecule has 1 fully saturated rings. The fraction of sp³-hybridized carbons (Fsp3) is 0.588. The number of ketones is 1. The molecule has 1 aromatic carbocycles. The molecule has 0 saturated heterocycles. The molecule has 1 saturated carbocycles. The van der Waals surface area contributed by atoms with Crippen LogP contribution in [0.5, 0.6) is 0 Å². The highest BCUT2D eigenvalue weighted by molar-refractivity contribution is 6.03. The van der Waals surface area contributed by atoms with Crippen molar-refractivity contribution in [2.24, 2.45) is 0 Å². The van der Waals surface area contributed by atoms with Gasteiger partial charge in [-0.05, 0) is 33.9 Å². The molecule has 2 nitrogen and oxygen atoms in total. The van der Waals surface area contributed by atoms with Crippen LogP contribution in [-0.4, -0.2) is 30.3 Å². The summed E-state index contributed by atoms with van der Waals surface area (Å²) in [6.45, 7) is 2.06. The van der Waals surface area contributed by atoms with Gasteiger partial charge in [-0.2, -0.15) is 0 Å². The van der Waals surface area contributed by atoms with Crippen LogP contribution in [0.1, 0.15) is 54.4 Å². The fourth-order valence-corrected chi connectivity index (χ4v) is 3.16. The lowest BCUT2D eigenvalue weighted by atomic mass is 9.81. The van der Waals surface area contributed by atoms with E-state index >= 15 is 0 Å². The van der Waals surface area contributed by atoms with E-state index in [9.17, 15) is 4.79 Å². The topological polar surface area (TPSA) is 20.3 Å². The Balaban J connectivity index is 2.32. The Labute approximate surface area is 116 Å². The maximum atomic E-state index is 13.0. The number of hydrogen-bond acceptors (Lipinski definition) is 2. The summed E-state index contributed by atoms with van der Waals surface area (Å²) in [4.78, 5) is 15.1. The summed E-state index contributed by atoms with van der Waals surface area (Å²) >= 11 is 0. The van der Waals surface area contributed by atoms with E-state index in [1.807, 2.05) is 24.3 Å². The second-order valence-corrected chi connectivity index (χ2v) is 6.04. The van der Waals surface area contributed by atoms with Gasteiger partial charge >= 0.3 is 0 Å². The van der Waals surface area contributed by atoms with Gasteiger partial charge in [-0.15, -0.1) is 0 Å². The van der Waals surface area contributed by atoms with E-state index in [4.69, 9.17) is 0 Å². The second kappa shape index (κ2) is 5.87. The van der Waals surface area contributed by atoms with Gasteiger partial charge in [-0.25, -0.2) is 0 Å². The van der Waals surface area contributed by atoms with E-state index in [1.54, 1.807) is 0 Å². The zero-order valence-electron chi connectivity index (χ0n) is 12.4. The number of Topliss-reactive ketones (excluding diaryl/α,β-unsaturated/α-hetero) is 1. The number of carbonyl (C=O) groups excluding carboxylic acids is 1. The third-order valence-electron chi connectivity index (χ3n) is 4.52. The molecule has 0 amide bonds. The average molecular weight is 259 g/mol. The number of carbonyl (C=O) groups is 1. The van der Waals surface area contributed by atoms with Crippen molar-refractivity contribution in [3.63, 3.8) is 0 Å². The van der Waals surface area contributed by atoms with Crippen molar-refractivity contribution in [2.45, 2.75) is 51.0 Å². The van der Waals surface area contributed by atoms with Crippen molar-refractivity contribution in [2.75, 3.05) is 14.1 Å². The third-order valence-corrected chi connectivity index (χ3v) is 4.52. The third kappa shape index (κ3) is 2.89. The van der Waals surface area contributed by atoms with Crippen LogP contribution in [0, 0.1) is 6.92 Å². The van der Waals surface area contributed by atoms with E-state index in [1.165, 1.54) is 18.4 Å². The molecule has 0 heterocycles. The predicted octanol–water partition coefficient (Wildman–Crippen LogP) is 3.83. The van der Waals surface area contributed by atoms with Crippen LogP contribution in [-0.2, 0) is 0 Å². The normalized spacial score (nSPS) is 19.2. The van der Waals surface area contributed by atoms with Crippen LogP contribution < -0.4 is 0 Å². The molecule has 1 aliphatic rings. The first-order valence-electron chi connectivity index (χ1n) is 7.35. The Morgan fingerprint density at radius 1 is 1.00 bits per heavy atom.